The number of rotatable bonds is 6. The van der Waals surface area contributed by atoms with Crippen LogP contribution >= 0.6 is 22.9 Å². The van der Waals surface area contributed by atoms with E-state index < -0.39 is 0 Å². The highest BCUT2D eigenvalue weighted by atomic mass is 35.5. The molecule has 4 nitrogen and oxygen atoms in total. The van der Waals surface area contributed by atoms with E-state index in [1.165, 1.54) is 35.3 Å². The maximum atomic E-state index is 12.3. The summed E-state index contributed by atoms with van der Waals surface area (Å²) in [5.74, 6) is -0.0301. The summed E-state index contributed by atoms with van der Waals surface area (Å²) in [6.45, 7) is 5.49. The summed E-state index contributed by atoms with van der Waals surface area (Å²) in [6, 6.07) is 16.5. The molecule has 1 atom stereocenters. The van der Waals surface area contributed by atoms with Gasteiger partial charge in [-0.25, -0.2) is 4.98 Å². The normalized spacial score (nSPS) is 16.7. The van der Waals surface area contributed by atoms with Crippen LogP contribution in [-0.4, -0.2) is 28.4 Å². The van der Waals surface area contributed by atoms with Crippen LogP contribution in [0.1, 0.15) is 36.6 Å². The van der Waals surface area contributed by atoms with Crippen molar-refractivity contribution >= 4 is 39.7 Å². The molecule has 3 aromatic rings. The summed E-state index contributed by atoms with van der Waals surface area (Å²) in [5.41, 5.74) is 4.24. The topological polar surface area (TPSA) is 36.4 Å². The predicted octanol–water partition coefficient (Wildman–Crippen LogP) is 6.00. The van der Waals surface area contributed by atoms with Crippen LogP contribution in [0.4, 0.5) is 10.8 Å². The van der Waals surface area contributed by atoms with E-state index in [1.807, 2.05) is 43.3 Å². The zero-order chi connectivity index (χ0) is 21.1. The van der Waals surface area contributed by atoms with Crippen LogP contribution in [0, 0.1) is 6.92 Å². The van der Waals surface area contributed by atoms with E-state index in [1.54, 1.807) is 11.8 Å². The van der Waals surface area contributed by atoms with Crippen LogP contribution in [0.15, 0.2) is 53.9 Å². The van der Waals surface area contributed by atoms with E-state index in [-0.39, 0.29) is 5.91 Å². The summed E-state index contributed by atoms with van der Waals surface area (Å²) in [4.78, 5) is 21.3. The van der Waals surface area contributed by atoms with Gasteiger partial charge in [-0.15, -0.1) is 11.3 Å². The predicted molar refractivity (Wildman–Crippen MR) is 125 cm³/mol. The van der Waals surface area contributed by atoms with Crippen LogP contribution in [0.5, 0.6) is 0 Å². The molecule has 0 bridgehead atoms. The standard InChI is InChI=1S/C24H26ClN3OS/c1-17-9-11-21(12-10-17)28(18(2)29)24-26-20(16-30-24)15-27-13-5-7-22(27)14-19-6-3-4-8-23(19)25/h3-4,6,8-12,16,22H,5,7,13-15H2,1-2H3. The molecule has 1 fully saturated rings. The first-order valence-corrected chi connectivity index (χ1v) is 11.6. The Labute approximate surface area is 187 Å². The Morgan fingerprint density at radius 2 is 2.00 bits per heavy atom. The van der Waals surface area contributed by atoms with Crippen molar-refractivity contribution in [2.45, 2.75) is 45.7 Å². The van der Waals surface area contributed by atoms with Gasteiger partial charge in [-0.05, 0) is 56.5 Å². The summed E-state index contributed by atoms with van der Waals surface area (Å²) in [7, 11) is 0. The highest BCUT2D eigenvalue weighted by Crippen LogP contribution is 2.31. The van der Waals surface area contributed by atoms with Gasteiger partial charge in [0.1, 0.15) is 0 Å². The molecule has 2 heterocycles. The number of aromatic nitrogens is 1. The molecule has 156 valence electrons. The lowest BCUT2D eigenvalue weighted by Crippen LogP contribution is -2.31. The van der Waals surface area contributed by atoms with Gasteiger partial charge in [0.25, 0.3) is 0 Å². The van der Waals surface area contributed by atoms with Crippen LogP contribution in [0.25, 0.3) is 0 Å². The van der Waals surface area contributed by atoms with Gasteiger partial charge in [-0.3, -0.25) is 14.6 Å². The molecule has 1 unspecified atom stereocenters. The number of carbonyl (C=O) groups excluding carboxylic acids is 1. The number of carbonyl (C=O) groups is 1. The van der Waals surface area contributed by atoms with Crippen molar-refractivity contribution in [3.63, 3.8) is 0 Å². The lowest BCUT2D eigenvalue weighted by Gasteiger charge is -2.24. The Kier molecular flexibility index (Phi) is 6.52. The molecule has 1 amide bonds. The molecule has 1 aliphatic rings. The summed E-state index contributed by atoms with van der Waals surface area (Å²) in [6.07, 6.45) is 3.32. The lowest BCUT2D eigenvalue weighted by molar-refractivity contribution is -0.115. The zero-order valence-electron chi connectivity index (χ0n) is 17.3. The SMILES string of the molecule is CC(=O)N(c1ccc(C)cc1)c1nc(CN2CCCC2Cc2ccccc2Cl)cs1. The summed E-state index contributed by atoms with van der Waals surface area (Å²) >= 11 is 7.90. The molecule has 0 radical (unpaired) electrons. The summed E-state index contributed by atoms with van der Waals surface area (Å²) < 4.78 is 0. The molecule has 6 heteroatoms. The Bertz CT molecular complexity index is 1020. The Balaban J connectivity index is 1.48. The third-order valence-corrected chi connectivity index (χ3v) is 6.86. The van der Waals surface area contributed by atoms with E-state index in [9.17, 15) is 4.79 Å². The second-order valence-corrected chi connectivity index (χ2v) is 9.12. The minimum absolute atomic E-state index is 0.0301. The minimum Gasteiger partial charge on any atom is -0.294 e. The maximum Gasteiger partial charge on any atom is 0.230 e. The fourth-order valence-electron chi connectivity index (χ4n) is 4.05. The molecule has 2 aromatic carbocycles. The Hall–Kier alpha value is -2.21. The average molecular weight is 440 g/mol. The van der Waals surface area contributed by atoms with E-state index in [0.717, 1.165) is 41.0 Å². The lowest BCUT2D eigenvalue weighted by atomic mass is 10.0. The van der Waals surface area contributed by atoms with E-state index >= 15 is 0 Å². The number of aryl methyl sites for hydroxylation is 1. The van der Waals surface area contributed by atoms with Crippen molar-refractivity contribution in [2.75, 3.05) is 11.4 Å². The van der Waals surface area contributed by atoms with Gasteiger partial charge in [0.2, 0.25) is 5.91 Å². The smallest absolute Gasteiger partial charge is 0.230 e. The van der Waals surface area contributed by atoms with Gasteiger partial charge in [0.05, 0.1) is 11.4 Å². The quantitative estimate of drug-likeness (QED) is 0.472. The molecule has 0 aliphatic carbocycles. The first-order valence-electron chi connectivity index (χ1n) is 10.3. The van der Waals surface area contributed by atoms with Crippen LogP contribution in [0.2, 0.25) is 5.02 Å². The number of hydrogen-bond acceptors (Lipinski definition) is 4. The molecule has 0 N–H and O–H groups in total. The second-order valence-electron chi connectivity index (χ2n) is 7.87. The molecule has 0 spiro atoms. The number of benzene rings is 2. The van der Waals surface area contributed by atoms with Gasteiger partial charge in [0.15, 0.2) is 5.13 Å². The number of amides is 1. The van der Waals surface area contributed by atoms with Crippen molar-refractivity contribution in [1.82, 2.24) is 9.88 Å². The zero-order valence-corrected chi connectivity index (χ0v) is 18.9. The highest BCUT2D eigenvalue weighted by Gasteiger charge is 2.26. The van der Waals surface area contributed by atoms with E-state index in [2.05, 4.69) is 22.4 Å². The molecular formula is C24H26ClN3OS. The van der Waals surface area contributed by atoms with Crippen molar-refractivity contribution in [1.29, 1.82) is 0 Å². The molecule has 1 aromatic heterocycles. The largest absolute Gasteiger partial charge is 0.294 e. The Morgan fingerprint density at radius 1 is 1.23 bits per heavy atom. The third-order valence-electron chi connectivity index (χ3n) is 5.62. The van der Waals surface area contributed by atoms with Gasteiger partial charge in [-0.2, -0.15) is 0 Å². The number of anilines is 2. The number of nitrogens with zero attached hydrogens (tertiary/aromatic N) is 3. The maximum absolute atomic E-state index is 12.3. The van der Waals surface area contributed by atoms with Crippen molar-refractivity contribution in [2.24, 2.45) is 0 Å². The van der Waals surface area contributed by atoms with Gasteiger partial charge in [-0.1, -0.05) is 47.5 Å². The second kappa shape index (κ2) is 9.29. The van der Waals surface area contributed by atoms with E-state index in [4.69, 9.17) is 16.6 Å². The van der Waals surface area contributed by atoms with E-state index in [0.29, 0.717) is 6.04 Å². The first kappa shape index (κ1) is 21.0. The van der Waals surface area contributed by atoms with Crippen LogP contribution in [-0.2, 0) is 17.8 Å². The van der Waals surface area contributed by atoms with Crippen LogP contribution in [0.3, 0.4) is 0 Å². The van der Waals surface area contributed by atoms with Gasteiger partial charge in [0, 0.05) is 29.9 Å². The molecule has 30 heavy (non-hydrogen) atoms. The summed E-state index contributed by atoms with van der Waals surface area (Å²) in [5, 5.41) is 3.64. The highest BCUT2D eigenvalue weighted by molar-refractivity contribution is 7.14. The fourth-order valence-corrected chi connectivity index (χ4v) is 5.14. The first-order chi connectivity index (χ1) is 14.5. The molecule has 0 saturated carbocycles. The number of hydrogen-bond donors (Lipinski definition) is 0. The van der Waals surface area contributed by atoms with Crippen LogP contribution < -0.4 is 4.90 Å². The number of halogens is 1. The third kappa shape index (κ3) is 4.75. The van der Waals surface area contributed by atoms with Gasteiger partial charge >= 0.3 is 0 Å². The molecule has 1 aliphatic heterocycles. The number of thiazole rings is 1. The van der Waals surface area contributed by atoms with Crippen molar-refractivity contribution in [3.8, 4) is 0 Å². The molecule has 4 rings (SSSR count). The fraction of sp³-hybridized carbons (Fsp3) is 0.333. The molecular weight excluding hydrogens is 414 g/mol. The van der Waals surface area contributed by atoms with Gasteiger partial charge < -0.3 is 0 Å². The number of likely N-dealkylation sites (tertiary alicyclic amines) is 1. The monoisotopic (exact) mass is 439 g/mol. The van der Waals surface area contributed by atoms with Crippen molar-refractivity contribution < 1.29 is 4.79 Å². The minimum atomic E-state index is -0.0301. The Morgan fingerprint density at radius 3 is 2.73 bits per heavy atom. The van der Waals surface area contributed by atoms with Crippen molar-refractivity contribution in [3.05, 3.63) is 75.8 Å². The molecule has 1 saturated heterocycles. The average Bonchev–Trinajstić information content (AvgIpc) is 3.35.